The minimum Gasteiger partial charge on any atom is -0.444 e. The lowest BCUT2D eigenvalue weighted by molar-refractivity contribution is -0.185. The largest absolute Gasteiger partial charge is 0.444 e. The Labute approximate surface area is 417 Å². The fourth-order valence-corrected chi connectivity index (χ4v) is 7.11. The molecule has 0 aromatic rings. The number of nitrogens with one attached hydrogen (secondary N) is 2. The van der Waals surface area contributed by atoms with E-state index in [1.807, 2.05) is 20.8 Å². The lowest BCUT2D eigenvalue weighted by Crippen LogP contribution is -2.48. The summed E-state index contributed by atoms with van der Waals surface area (Å²) in [5.41, 5.74) is -7.45. The fraction of sp³-hybridized carbons (Fsp3) is 0.804. The van der Waals surface area contributed by atoms with Crippen LogP contribution in [0.25, 0.3) is 0 Å². The lowest BCUT2D eigenvalue weighted by Gasteiger charge is -2.39. The normalized spacial score (nSPS) is 19.8. The molecule has 1 unspecified atom stereocenters. The molecule has 4 heterocycles. The van der Waals surface area contributed by atoms with Crippen molar-refractivity contribution in [2.75, 3.05) is 57.7 Å². The number of hydrogen-bond acceptors (Lipinski definition) is 10. The number of halogens is 13. The first kappa shape index (κ1) is 67.9. The third-order valence-electron chi connectivity index (χ3n) is 11.1. The number of aliphatic hydroxyl groups is 3. The summed E-state index contributed by atoms with van der Waals surface area (Å²) in [5.74, 6) is -1.20. The highest BCUT2D eigenvalue weighted by Gasteiger charge is 2.44. The molecule has 4 fully saturated rings. The van der Waals surface area contributed by atoms with E-state index in [4.69, 9.17) is 9.47 Å². The smallest absolute Gasteiger partial charge is 0.412 e. The second-order valence-electron chi connectivity index (χ2n) is 20.1. The fourth-order valence-electron chi connectivity index (χ4n) is 6.80. The van der Waals surface area contributed by atoms with Gasteiger partial charge in [-0.15, -0.1) is 0 Å². The first-order chi connectivity index (χ1) is 31.9. The first-order valence-electron chi connectivity index (χ1n) is 22.8. The van der Waals surface area contributed by atoms with Crippen molar-refractivity contribution >= 4 is 33.9 Å². The van der Waals surface area contributed by atoms with Crippen LogP contribution < -0.4 is 10.6 Å². The molecule has 0 aliphatic carbocycles. The maximum atomic E-state index is 12.5. The molecular formula is C46H73BrF12N4O8. The molecule has 0 spiro atoms. The Hall–Kier alpha value is -3.13. The topological polar surface area (TPSA) is 161 Å². The summed E-state index contributed by atoms with van der Waals surface area (Å²) in [6.45, 7) is 24.2. The van der Waals surface area contributed by atoms with E-state index in [2.05, 4.69) is 46.3 Å². The van der Waals surface area contributed by atoms with Gasteiger partial charge in [0.15, 0.2) is 0 Å². The van der Waals surface area contributed by atoms with Crippen molar-refractivity contribution in [1.29, 1.82) is 0 Å². The van der Waals surface area contributed by atoms with E-state index >= 15 is 0 Å². The number of nitrogens with zero attached hydrogens (tertiary/aromatic N) is 2. The molecule has 4 aliphatic rings. The van der Waals surface area contributed by atoms with Gasteiger partial charge in [-0.3, -0.25) is 4.79 Å². The van der Waals surface area contributed by atoms with Crippen LogP contribution >= 0.6 is 15.9 Å². The number of hydrogen-bond donors (Lipinski definition) is 5. The molecule has 0 radical (unpaired) electrons. The maximum absolute atomic E-state index is 12.5. The number of allylic oxidation sites excluding steroid dienone is 1. The Kier molecular flexibility index (Phi) is 26.7. The van der Waals surface area contributed by atoms with Crippen LogP contribution in [0.1, 0.15) is 119 Å². The standard InChI is InChI=1S/C14H22F3NO3.C10H17NO3.C9H16F3NO.C9H14F3NO.C4H4BrF3/c1-10(14(15,16)17)9-13(20)5-7-18(8-6-13)11(19)21-12(2,3)4;1-10(2,3)14-9(13)11-6-4-8(12)5-7-11;2*1-7(9(10,11)12)6-8(14)2-4-13-5-3-8;1-3(2-5)4(6,7)8/h20H,1,5-9H2,2-4H3;4-7H2,1-3H3;7,13-14H,2-6H2,1H3;13-14H,1-6H2;1-2H2. The predicted molar refractivity (Wildman–Crippen MR) is 247 cm³/mol. The molecule has 416 valence electrons. The van der Waals surface area contributed by atoms with Crippen LogP contribution in [0.2, 0.25) is 0 Å². The zero-order valence-electron chi connectivity index (χ0n) is 41.5. The average Bonchev–Trinajstić information content (AvgIpc) is 3.19. The molecule has 4 rings (SSSR count). The van der Waals surface area contributed by atoms with Crippen molar-refractivity contribution in [3.8, 4) is 0 Å². The molecule has 2 amide bonds. The molecular weight excluding hydrogens is 1040 g/mol. The Morgan fingerprint density at radius 1 is 0.592 bits per heavy atom. The molecule has 0 bridgehead atoms. The molecule has 12 nitrogen and oxygen atoms in total. The first-order valence-corrected chi connectivity index (χ1v) is 23.9. The van der Waals surface area contributed by atoms with Gasteiger partial charge in [-0.25, -0.2) is 9.59 Å². The van der Waals surface area contributed by atoms with Crippen molar-refractivity contribution < 1.29 is 91.9 Å². The zero-order chi connectivity index (χ0) is 55.7. The second-order valence-corrected chi connectivity index (χ2v) is 20.6. The van der Waals surface area contributed by atoms with E-state index in [0.29, 0.717) is 77.8 Å². The Balaban J connectivity index is 0.000000888. The second kappa shape index (κ2) is 28.0. The quantitative estimate of drug-likeness (QED) is 0.0943. The van der Waals surface area contributed by atoms with E-state index in [1.54, 1.807) is 25.7 Å². The van der Waals surface area contributed by atoms with E-state index in [0.717, 1.165) is 6.92 Å². The molecule has 0 aromatic heterocycles. The Morgan fingerprint density at radius 2 is 0.901 bits per heavy atom. The van der Waals surface area contributed by atoms with Gasteiger partial charge in [0.25, 0.3) is 0 Å². The van der Waals surface area contributed by atoms with Gasteiger partial charge in [0.2, 0.25) is 0 Å². The van der Waals surface area contributed by atoms with Crippen molar-refractivity contribution in [2.24, 2.45) is 5.92 Å². The number of alkyl halides is 13. The van der Waals surface area contributed by atoms with Crippen LogP contribution in [0.5, 0.6) is 0 Å². The maximum Gasteiger partial charge on any atom is 0.412 e. The molecule has 25 heteroatoms. The molecule has 1 atom stereocenters. The summed E-state index contributed by atoms with van der Waals surface area (Å²) in [7, 11) is 0. The van der Waals surface area contributed by atoms with Crippen LogP contribution in [0.3, 0.4) is 0 Å². The van der Waals surface area contributed by atoms with E-state index in [9.17, 15) is 82.4 Å². The van der Waals surface area contributed by atoms with Gasteiger partial charge in [0, 0.05) is 73.9 Å². The molecule has 71 heavy (non-hydrogen) atoms. The zero-order valence-corrected chi connectivity index (χ0v) is 43.1. The highest BCUT2D eigenvalue weighted by Crippen LogP contribution is 2.38. The van der Waals surface area contributed by atoms with Gasteiger partial charge in [-0.1, -0.05) is 42.6 Å². The highest BCUT2D eigenvalue weighted by atomic mass is 79.9. The summed E-state index contributed by atoms with van der Waals surface area (Å²) >= 11 is 2.63. The van der Waals surface area contributed by atoms with Crippen molar-refractivity contribution in [3.63, 3.8) is 0 Å². The molecule has 4 saturated heterocycles. The molecule has 0 saturated carbocycles. The minimum absolute atomic E-state index is 0.0708. The van der Waals surface area contributed by atoms with Gasteiger partial charge in [-0.05, 0) is 113 Å². The van der Waals surface area contributed by atoms with Crippen LogP contribution in [0.15, 0.2) is 36.5 Å². The van der Waals surface area contributed by atoms with Crippen molar-refractivity contribution in [3.05, 3.63) is 36.5 Å². The molecule has 0 aromatic carbocycles. The third-order valence-corrected chi connectivity index (χ3v) is 11.8. The van der Waals surface area contributed by atoms with Gasteiger partial charge >= 0.3 is 36.9 Å². The number of carbonyl (C=O) groups is 3. The number of ketones is 1. The van der Waals surface area contributed by atoms with E-state index < -0.39 is 87.9 Å². The van der Waals surface area contributed by atoms with Gasteiger partial charge < -0.3 is 45.2 Å². The van der Waals surface area contributed by atoms with Crippen LogP contribution in [0.4, 0.5) is 62.3 Å². The van der Waals surface area contributed by atoms with E-state index in [-0.39, 0.29) is 56.0 Å². The van der Waals surface area contributed by atoms with Crippen LogP contribution in [-0.4, -0.2) is 153 Å². The summed E-state index contributed by atoms with van der Waals surface area (Å²) < 4.78 is 155. The average molecular weight is 1120 g/mol. The summed E-state index contributed by atoms with van der Waals surface area (Å²) in [5, 5.41) is 35.6. The summed E-state index contributed by atoms with van der Waals surface area (Å²) in [4.78, 5) is 37.3. The van der Waals surface area contributed by atoms with Crippen molar-refractivity contribution in [2.45, 2.75) is 172 Å². The molecule has 4 aliphatic heterocycles. The number of ether oxygens (including phenoxy) is 2. The number of piperidine rings is 4. The number of Topliss-reactive ketones (excluding diaryl/α,β-unsaturated/α-hetero) is 1. The van der Waals surface area contributed by atoms with Crippen LogP contribution in [0, 0.1) is 5.92 Å². The SMILES string of the molecule is C=C(CBr)C(F)(F)F.C=C(CC1(O)CCN(C(=O)OC(C)(C)C)CC1)C(F)(F)F.C=C(CC1(O)CCNCC1)C(F)(F)F.CC(C)(C)OC(=O)N1CCC(=O)CC1.CC(CC1(O)CCNCC1)C(F)(F)F. The lowest BCUT2D eigenvalue weighted by atomic mass is 9.84. The number of carbonyl (C=O) groups excluding carboxylic acids is 3. The van der Waals surface area contributed by atoms with Gasteiger partial charge in [0.05, 0.1) is 22.7 Å². The monoisotopic (exact) mass is 1120 g/mol. The number of likely N-dealkylation sites (tertiary alicyclic amines) is 2. The predicted octanol–water partition coefficient (Wildman–Crippen LogP) is 10.6. The Morgan fingerprint density at radius 3 is 1.18 bits per heavy atom. The summed E-state index contributed by atoms with van der Waals surface area (Å²) in [6, 6.07) is 0. The number of amides is 2. The molecule has 5 N–H and O–H groups in total. The summed E-state index contributed by atoms with van der Waals surface area (Å²) in [6.07, 6.45) is -16.7. The van der Waals surface area contributed by atoms with Crippen LogP contribution in [-0.2, 0) is 14.3 Å². The van der Waals surface area contributed by atoms with Gasteiger partial charge in [-0.2, -0.15) is 52.7 Å². The van der Waals surface area contributed by atoms with Gasteiger partial charge in [0.1, 0.15) is 17.0 Å². The minimum atomic E-state index is -4.50. The highest BCUT2D eigenvalue weighted by molar-refractivity contribution is 9.09. The van der Waals surface area contributed by atoms with Crippen molar-refractivity contribution in [1.82, 2.24) is 20.4 Å². The van der Waals surface area contributed by atoms with E-state index in [1.165, 1.54) is 4.90 Å². The third kappa shape index (κ3) is 29.4. The Bertz CT molecular complexity index is 1700. The number of rotatable bonds is 7.